The molecule has 3 amide bonds. The number of rotatable bonds is 12. The van der Waals surface area contributed by atoms with Crippen molar-refractivity contribution >= 4 is 28.8 Å². The van der Waals surface area contributed by atoms with Gasteiger partial charge in [0.15, 0.2) is 0 Å². The van der Waals surface area contributed by atoms with Gasteiger partial charge in [-0.3, -0.25) is 9.59 Å². The van der Waals surface area contributed by atoms with Crippen molar-refractivity contribution in [2.24, 2.45) is 23.7 Å². The molecule has 4 aliphatic rings. The van der Waals surface area contributed by atoms with Gasteiger partial charge in [0.2, 0.25) is 11.8 Å². The van der Waals surface area contributed by atoms with Crippen LogP contribution in [0.1, 0.15) is 91.7 Å². The molecular formula is C47H59N9O4. The zero-order valence-corrected chi connectivity index (χ0v) is 35.9. The van der Waals surface area contributed by atoms with Gasteiger partial charge in [0, 0.05) is 36.3 Å². The first-order valence-corrected chi connectivity index (χ1v) is 21.9. The first-order valence-electron chi connectivity index (χ1n) is 21.9. The summed E-state index contributed by atoms with van der Waals surface area (Å²) in [6.45, 7) is 13.7. The summed E-state index contributed by atoms with van der Waals surface area (Å²) in [5, 5.41) is 7.41. The third kappa shape index (κ3) is 6.60. The molecule has 4 fully saturated rings. The van der Waals surface area contributed by atoms with Gasteiger partial charge in [-0.25, -0.2) is 14.8 Å². The number of benzene rings is 2. The van der Waals surface area contributed by atoms with Crippen molar-refractivity contribution in [2.75, 3.05) is 20.2 Å². The number of alkyl carbamates (subject to hydrolysis) is 1. The fourth-order valence-corrected chi connectivity index (χ4v) is 11.0. The Hall–Kier alpha value is -5.43. The maximum absolute atomic E-state index is 14.1. The lowest BCUT2D eigenvalue weighted by molar-refractivity contribution is -0.141. The number of nitrogens with zero attached hydrogens (tertiary/aromatic N) is 4. The van der Waals surface area contributed by atoms with E-state index >= 15 is 0 Å². The molecule has 316 valence electrons. The van der Waals surface area contributed by atoms with E-state index in [1.165, 1.54) is 7.11 Å². The number of H-pyrrole nitrogens is 3. The summed E-state index contributed by atoms with van der Waals surface area (Å²) >= 11 is 0. The Bertz CT molecular complexity index is 2410. The average molecular weight is 814 g/mol. The zero-order chi connectivity index (χ0) is 42.1. The van der Waals surface area contributed by atoms with Crippen LogP contribution in [0.25, 0.3) is 44.5 Å². The SMILES string of the molecule is COC(=O)N[C@H](C(=O)N1CC2CCC1(c1ncc(-c3ccc(-c4ccc(-c5cnc(C67CCC(CN6C(=O)[C@@H](NC(C)C)C(C)C)C7)[nH]5)cc4)c4cc[nH]c34)[nH]1)C2)C(C)C. The molecule has 0 radical (unpaired) electrons. The van der Waals surface area contributed by atoms with Crippen LogP contribution in [-0.4, -0.2) is 91.0 Å². The third-order valence-electron chi connectivity index (χ3n) is 14.0. The van der Waals surface area contributed by atoms with Crippen molar-refractivity contribution in [3.05, 3.63) is 72.7 Å². The standard InChI is InChI=1S/C47H59N9O4/c1-26(2)38(51-28(5)6)41(57)55-24-29-14-17-46(55,20-29)43-49-22-36(52-43)32-10-8-31(9-11-32)33-12-13-35(40-34(33)16-19-48-40)37-23-50-44(53-37)47-18-15-30(21-47)25-56(47)42(58)39(27(3)4)54-45(59)60-7/h8-13,16,19,22-23,26-30,38-39,48,51H,14-15,17-18,20-21,24-25H2,1-7H3,(H,49,52)(H,50,53)(H,54,59)/t29?,30?,38-,39-,46?,47?/m0/s1. The van der Waals surface area contributed by atoms with E-state index in [-0.39, 0.29) is 35.7 Å². The number of amides is 3. The van der Waals surface area contributed by atoms with E-state index in [4.69, 9.17) is 14.7 Å². The smallest absolute Gasteiger partial charge is 0.407 e. The van der Waals surface area contributed by atoms with Crippen molar-refractivity contribution in [3.8, 4) is 33.6 Å². The van der Waals surface area contributed by atoms with Crippen molar-refractivity contribution in [2.45, 2.75) is 109 Å². The number of carbonyl (C=O) groups is 3. The number of carbonyl (C=O) groups excluding carboxylic acids is 3. The van der Waals surface area contributed by atoms with Crippen LogP contribution in [0.3, 0.4) is 0 Å². The van der Waals surface area contributed by atoms with Gasteiger partial charge in [0.25, 0.3) is 0 Å². The first kappa shape index (κ1) is 40.0. The normalized spacial score (nSPS) is 24.4. The molecule has 2 aromatic carbocycles. The highest BCUT2D eigenvalue weighted by atomic mass is 16.5. The Morgan fingerprint density at radius 2 is 1.28 bits per heavy atom. The number of hydrogen-bond acceptors (Lipinski definition) is 7. The molecule has 2 aliphatic heterocycles. The second kappa shape index (κ2) is 15.2. The lowest BCUT2D eigenvalue weighted by atomic mass is 9.93. The predicted octanol–water partition coefficient (Wildman–Crippen LogP) is 7.69. The molecule has 5 N–H and O–H groups in total. The number of hydrogen-bond donors (Lipinski definition) is 5. The Morgan fingerprint density at radius 3 is 1.85 bits per heavy atom. The Morgan fingerprint density at radius 1 is 0.733 bits per heavy atom. The topological polar surface area (TPSA) is 164 Å². The zero-order valence-electron chi connectivity index (χ0n) is 35.9. The molecule has 0 spiro atoms. The lowest BCUT2D eigenvalue weighted by Crippen LogP contribution is -2.56. The van der Waals surface area contributed by atoms with Gasteiger partial charge in [-0.15, -0.1) is 0 Å². The summed E-state index contributed by atoms with van der Waals surface area (Å²) in [5.74, 6) is 2.74. The summed E-state index contributed by atoms with van der Waals surface area (Å²) in [4.78, 5) is 65.1. The molecule has 2 aliphatic carbocycles. The quantitative estimate of drug-likeness (QED) is 0.0862. The fourth-order valence-electron chi connectivity index (χ4n) is 11.0. The summed E-state index contributed by atoms with van der Waals surface area (Å²) in [7, 11) is 1.31. The van der Waals surface area contributed by atoms with Crippen LogP contribution in [0.5, 0.6) is 0 Å². The molecule has 6 atom stereocenters. The molecule has 5 aromatic rings. The van der Waals surface area contributed by atoms with Gasteiger partial charge in [0.1, 0.15) is 28.8 Å². The van der Waals surface area contributed by atoms with E-state index in [9.17, 15) is 14.4 Å². The molecule has 13 heteroatoms. The number of likely N-dealkylation sites (tertiary alicyclic amines) is 2. The summed E-state index contributed by atoms with van der Waals surface area (Å²) in [6.07, 6.45) is 10.9. The minimum absolute atomic E-state index is 0.0978. The second-order valence-electron chi connectivity index (χ2n) is 18.9. The number of piperidine rings is 2. The number of aromatic amines is 3. The van der Waals surface area contributed by atoms with Gasteiger partial charge in [-0.1, -0.05) is 77.9 Å². The molecule has 3 aromatic heterocycles. The number of fused-ring (bicyclic) bond motifs is 5. The van der Waals surface area contributed by atoms with Gasteiger partial charge in [-0.2, -0.15) is 0 Å². The maximum atomic E-state index is 14.1. The van der Waals surface area contributed by atoms with Crippen molar-refractivity contribution < 1.29 is 19.1 Å². The number of nitrogens with one attached hydrogen (secondary N) is 5. The molecule has 5 heterocycles. The van der Waals surface area contributed by atoms with Crippen LogP contribution in [0.15, 0.2) is 61.1 Å². The van der Waals surface area contributed by atoms with Crippen LogP contribution in [-0.2, 0) is 25.4 Å². The second-order valence-corrected chi connectivity index (χ2v) is 18.9. The Labute approximate surface area is 351 Å². The summed E-state index contributed by atoms with van der Waals surface area (Å²) < 4.78 is 4.85. The molecule has 2 saturated heterocycles. The van der Waals surface area contributed by atoms with Crippen molar-refractivity contribution in [1.29, 1.82) is 0 Å². The fraction of sp³-hybridized carbons (Fsp3) is 0.511. The minimum Gasteiger partial charge on any atom is -0.453 e. The molecule has 9 rings (SSSR count). The van der Waals surface area contributed by atoms with E-state index in [2.05, 4.69) is 101 Å². The first-order chi connectivity index (χ1) is 28.8. The monoisotopic (exact) mass is 813 g/mol. The van der Waals surface area contributed by atoms with Gasteiger partial charge < -0.3 is 40.1 Å². The molecule has 13 nitrogen and oxygen atoms in total. The number of methoxy groups -OCH3 is 1. The predicted molar refractivity (Wildman–Crippen MR) is 231 cm³/mol. The van der Waals surface area contributed by atoms with E-state index in [0.29, 0.717) is 18.4 Å². The van der Waals surface area contributed by atoms with Crippen LogP contribution in [0.4, 0.5) is 4.79 Å². The highest BCUT2D eigenvalue weighted by Crippen LogP contribution is 2.54. The van der Waals surface area contributed by atoms with Crippen LogP contribution in [0.2, 0.25) is 0 Å². The largest absolute Gasteiger partial charge is 0.453 e. The molecule has 4 unspecified atom stereocenters. The number of aromatic nitrogens is 5. The number of imidazole rings is 2. The maximum Gasteiger partial charge on any atom is 0.407 e. The number of ether oxygens (including phenoxy) is 1. The Kier molecular flexibility index (Phi) is 10.2. The molecular weight excluding hydrogens is 755 g/mol. The van der Waals surface area contributed by atoms with E-state index in [0.717, 1.165) is 101 Å². The third-order valence-corrected chi connectivity index (χ3v) is 14.0. The van der Waals surface area contributed by atoms with Crippen molar-refractivity contribution in [1.82, 2.24) is 45.4 Å². The summed E-state index contributed by atoms with van der Waals surface area (Å²) in [6, 6.07) is 14.3. The highest BCUT2D eigenvalue weighted by molar-refractivity contribution is 6.02. The van der Waals surface area contributed by atoms with E-state index < -0.39 is 23.2 Å². The van der Waals surface area contributed by atoms with Crippen LogP contribution < -0.4 is 10.6 Å². The van der Waals surface area contributed by atoms with Gasteiger partial charge in [-0.05, 0) is 85.0 Å². The van der Waals surface area contributed by atoms with Crippen molar-refractivity contribution in [3.63, 3.8) is 0 Å². The highest BCUT2D eigenvalue weighted by Gasteiger charge is 2.57. The molecule has 2 saturated carbocycles. The molecule has 4 bridgehead atoms. The average Bonchev–Trinajstić information content (AvgIpc) is 4.10. The van der Waals surface area contributed by atoms with Gasteiger partial charge in [0.05, 0.1) is 42.4 Å². The summed E-state index contributed by atoms with van der Waals surface area (Å²) in [5.41, 5.74) is 6.14. The lowest BCUT2D eigenvalue weighted by Gasteiger charge is -2.40. The Balaban J connectivity index is 0.954. The van der Waals surface area contributed by atoms with Crippen LogP contribution in [0, 0.1) is 23.7 Å². The van der Waals surface area contributed by atoms with E-state index in [1.54, 1.807) is 0 Å². The van der Waals surface area contributed by atoms with Crippen LogP contribution >= 0.6 is 0 Å². The molecule has 60 heavy (non-hydrogen) atoms. The van der Waals surface area contributed by atoms with E-state index in [1.807, 2.05) is 37.3 Å². The van der Waals surface area contributed by atoms with Gasteiger partial charge >= 0.3 is 6.09 Å². The minimum atomic E-state index is -0.690.